The number of hydrogen-bond donors (Lipinski definition) is 1. The summed E-state index contributed by atoms with van der Waals surface area (Å²) in [4.78, 5) is 2.46. The van der Waals surface area contributed by atoms with Crippen LogP contribution in [0.5, 0.6) is 0 Å². The summed E-state index contributed by atoms with van der Waals surface area (Å²) < 4.78 is 0. The molecule has 1 aromatic carbocycles. The van der Waals surface area contributed by atoms with Crippen LogP contribution in [0.15, 0.2) is 18.2 Å². The third-order valence-electron chi connectivity index (χ3n) is 3.63. The molecule has 2 atom stereocenters. The average Bonchev–Trinajstić information content (AvgIpc) is 2.35. The Morgan fingerprint density at radius 3 is 2.38 bits per heavy atom. The number of halogens is 1. The van der Waals surface area contributed by atoms with Crippen molar-refractivity contribution in [3.63, 3.8) is 0 Å². The van der Waals surface area contributed by atoms with Gasteiger partial charge in [-0.15, -0.1) is 0 Å². The van der Waals surface area contributed by atoms with E-state index < -0.39 is 0 Å². The van der Waals surface area contributed by atoms with E-state index in [2.05, 4.69) is 74.8 Å². The minimum absolute atomic E-state index is 0.108. The summed E-state index contributed by atoms with van der Waals surface area (Å²) in [6.07, 6.45) is 0. The van der Waals surface area contributed by atoms with Crippen LogP contribution in [0.2, 0.25) is 5.02 Å². The Hall–Kier alpha value is -0.380. The van der Waals surface area contributed by atoms with Crippen molar-refractivity contribution in [3.05, 3.63) is 28.8 Å². The molecule has 0 saturated carbocycles. The summed E-state index contributed by atoms with van der Waals surface area (Å²) in [5.74, 6) is 0. The fraction of sp³-hybridized carbons (Fsp3) is 0.647. The predicted molar refractivity (Wildman–Crippen MR) is 96.8 cm³/mol. The molecule has 1 aliphatic rings. The van der Waals surface area contributed by atoms with Crippen molar-refractivity contribution in [1.82, 2.24) is 5.32 Å². The zero-order valence-electron chi connectivity index (χ0n) is 13.7. The molecule has 2 unspecified atom stereocenters. The molecule has 1 aromatic rings. The molecule has 0 amide bonds. The first-order valence-electron chi connectivity index (χ1n) is 7.68. The van der Waals surface area contributed by atoms with E-state index in [4.69, 9.17) is 11.6 Å². The molecule has 1 N–H and O–H groups in total. The second kappa shape index (κ2) is 6.80. The second-order valence-corrected chi connectivity index (χ2v) is 9.33. The fourth-order valence-electron chi connectivity index (χ4n) is 2.63. The third kappa shape index (κ3) is 5.08. The molecule has 0 aliphatic carbocycles. The zero-order chi connectivity index (χ0) is 15.6. The van der Waals surface area contributed by atoms with Crippen LogP contribution in [-0.2, 0) is 6.54 Å². The van der Waals surface area contributed by atoms with Gasteiger partial charge in [0.15, 0.2) is 0 Å². The Morgan fingerprint density at radius 1 is 1.24 bits per heavy atom. The van der Waals surface area contributed by atoms with Crippen LogP contribution in [0.25, 0.3) is 0 Å². The molecular weight excluding hydrogens is 300 g/mol. The molecule has 1 fully saturated rings. The predicted octanol–water partition coefficient (Wildman–Crippen LogP) is 4.56. The number of benzene rings is 1. The summed E-state index contributed by atoms with van der Waals surface area (Å²) in [5.41, 5.74) is 2.53. The first-order chi connectivity index (χ1) is 9.74. The number of nitrogens with zero attached hydrogens (tertiary/aromatic N) is 1. The summed E-state index contributed by atoms with van der Waals surface area (Å²) in [6.45, 7) is 14.1. The first kappa shape index (κ1) is 17.0. The molecule has 0 radical (unpaired) electrons. The van der Waals surface area contributed by atoms with Gasteiger partial charge in [-0.1, -0.05) is 31.5 Å². The average molecular weight is 327 g/mol. The van der Waals surface area contributed by atoms with Crippen molar-refractivity contribution in [2.75, 3.05) is 18.0 Å². The number of nitrogens with one attached hydrogen (secondary N) is 1. The fourth-order valence-corrected chi connectivity index (χ4v) is 4.19. The van der Waals surface area contributed by atoms with Crippen molar-refractivity contribution >= 4 is 29.1 Å². The molecule has 2 nitrogen and oxygen atoms in total. The van der Waals surface area contributed by atoms with Crippen LogP contribution in [-0.4, -0.2) is 29.1 Å². The SMILES string of the molecule is CC1CN(c2ccc(CNC(C)(C)C)c(Cl)c2)CC(C)S1. The lowest BCUT2D eigenvalue weighted by Gasteiger charge is -2.36. The maximum Gasteiger partial charge on any atom is 0.0471 e. The monoisotopic (exact) mass is 326 g/mol. The molecule has 0 aromatic heterocycles. The van der Waals surface area contributed by atoms with Gasteiger partial charge in [-0.2, -0.15) is 11.8 Å². The Kier molecular flexibility index (Phi) is 5.50. The van der Waals surface area contributed by atoms with Crippen molar-refractivity contribution in [3.8, 4) is 0 Å². The Balaban J connectivity index is 2.08. The molecule has 2 rings (SSSR count). The quantitative estimate of drug-likeness (QED) is 0.876. The molecule has 1 saturated heterocycles. The molecule has 1 heterocycles. The minimum atomic E-state index is 0.108. The maximum absolute atomic E-state index is 6.48. The van der Waals surface area contributed by atoms with Gasteiger partial charge >= 0.3 is 0 Å². The van der Waals surface area contributed by atoms with Gasteiger partial charge in [-0.25, -0.2) is 0 Å². The standard InChI is InChI=1S/C17H27ClN2S/c1-12-10-20(11-13(2)21-12)15-7-6-14(16(18)8-15)9-19-17(3,4)5/h6-8,12-13,19H,9-11H2,1-5H3. The van der Waals surface area contributed by atoms with Gasteiger partial charge in [0.1, 0.15) is 0 Å². The van der Waals surface area contributed by atoms with E-state index in [1.807, 2.05) is 0 Å². The largest absolute Gasteiger partial charge is 0.369 e. The van der Waals surface area contributed by atoms with E-state index in [0.29, 0.717) is 10.5 Å². The van der Waals surface area contributed by atoms with Crippen LogP contribution in [0.4, 0.5) is 5.69 Å². The van der Waals surface area contributed by atoms with Gasteiger partial charge in [-0.3, -0.25) is 0 Å². The van der Waals surface area contributed by atoms with Crippen molar-refractivity contribution < 1.29 is 0 Å². The van der Waals surface area contributed by atoms with Crippen LogP contribution >= 0.6 is 23.4 Å². The van der Waals surface area contributed by atoms with Crippen molar-refractivity contribution in [2.24, 2.45) is 0 Å². The highest BCUT2D eigenvalue weighted by Gasteiger charge is 2.22. The van der Waals surface area contributed by atoms with Crippen molar-refractivity contribution in [1.29, 1.82) is 0 Å². The molecular formula is C17H27ClN2S. The third-order valence-corrected chi connectivity index (χ3v) is 5.21. The van der Waals surface area contributed by atoms with E-state index in [-0.39, 0.29) is 5.54 Å². The molecule has 118 valence electrons. The van der Waals surface area contributed by atoms with Crippen LogP contribution in [0, 0.1) is 0 Å². The minimum Gasteiger partial charge on any atom is -0.369 e. The van der Waals surface area contributed by atoms with E-state index in [0.717, 1.165) is 24.7 Å². The molecule has 1 aliphatic heterocycles. The highest BCUT2D eigenvalue weighted by molar-refractivity contribution is 8.00. The van der Waals surface area contributed by atoms with Crippen LogP contribution < -0.4 is 10.2 Å². The molecule has 0 bridgehead atoms. The van der Waals surface area contributed by atoms with E-state index in [9.17, 15) is 0 Å². The highest BCUT2D eigenvalue weighted by atomic mass is 35.5. The maximum atomic E-state index is 6.48. The normalized spacial score (nSPS) is 23.4. The van der Waals surface area contributed by atoms with Crippen molar-refractivity contribution in [2.45, 2.75) is 57.2 Å². The van der Waals surface area contributed by atoms with Gasteiger partial charge in [0.25, 0.3) is 0 Å². The Bertz CT molecular complexity index is 474. The molecule has 21 heavy (non-hydrogen) atoms. The van der Waals surface area contributed by atoms with E-state index in [1.165, 1.54) is 11.3 Å². The van der Waals surface area contributed by atoms with E-state index in [1.54, 1.807) is 0 Å². The first-order valence-corrected chi connectivity index (χ1v) is 9.00. The molecule has 0 spiro atoms. The van der Waals surface area contributed by atoms with Crippen LogP contribution in [0.1, 0.15) is 40.2 Å². The van der Waals surface area contributed by atoms with Gasteiger partial charge in [0.2, 0.25) is 0 Å². The van der Waals surface area contributed by atoms with Gasteiger partial charge in [0, 0.05) is 46.4 Å². The molecule has 4 heteroatoms. The number of rotatable bonds is 3. The lowest BCUT2D eigenvalue weighted by Crippen LogP contribution is -2.40. The Labute approximate surface area is 138 Å². The van der Waals surface area contributed by atoms with Crippen LogP contribution in [0.3, 0.4) is 0 Å². The highest BCUT2D eigenvalue weighted by Crippen LogP contribution is 2.31. The second-order valence-electron chi connectivity index (χ2n) is 7.04. The lowest BCUT2D eigenvalue weighted by molar-refractivity contribution is 0.424. The smallest absolute Gasteiger partial charge is 0.0471 e. The number of thioether (sulfide) groups is 1. The van der Waals surface area contributed by atoms with Gasteiger partial charge < -0.3 is 10.2 Å². The van der Waals surface area contributed by atoms with Gasteiger partial charge in [-0.05, 0) is 38.5 Å². The summed E-state index contributed by atoms with van der Waals surface area (Å²) >= 11 is 8.55. The summed E-state index contributed by atoms with van der Waals surface area (Å²) in [6, 6.07) is 6.49. The zero-order valence-corrected chi connectivity index (χ0v) is 15.3. The Morgan fingerprint density at radius 2 is 1.86 bits per heavy atom. The number of anilines is 1. The van der Waals surface area contributed by atoms with Gasteiger partial charge in [0.05, 0.1) is 0 Å². The van der Waals surface area contributed by atoms with E-state index >= 15 is 0 Å². The summed E-state index contributed by atoms with van der Waals surface area (Å²) in [7, 11) is 0. The lowest BCUT2D eigenvalue weighted by atomic mass is 10.1. The topological polar surface area (TPSA) is 15.3 Å². The summed E-state index contributed by atoms with van der Waals surface area (Å²) in [5, 5.41) is 5.71. The number of hydrogen-bond acceptors (Lipinski definition) is 3.